The molecule has 0 amide bonds. The van der Waals surface area contributed by atoms with Crippen LogP contribution in [0.15, 0.2) is 36.5 Å². The van der Waals surface area contributed by atoms with Crippen molar-refractivity contribution in [1.29, 1.82) is 0 Å². The van der Waals surface area contributed by atoms with E-state index < -0.39 is 60.3 Å². The minimum absolute atomic E-state index is 0.0605. The average molecular weight is 593 g/mol. The molecule has 4 aliphatic carbocycles. The van der Waals surface area contributed by atoms with Crippen LogP contribution in [0.3, 0.4) is 0 Å². The van der Waals surface area contributed by atoms with Gasteiger partial charge in [-0.25, -0.2) is 0 Å². The molecule has 8 atom stereocenters. The van der Waals surface area contributed by atoms with Crippen LogP contribution >= 0.6 is 7.60 Å². The molecule has 0 radical (unpaired) electrons. The van der Waals surface area contributed by atoms with Crippen LogP contribution in [-0.4, -0.2) is 60.5 Å². The van der Waals surface area contributed by atoms with Gasteiger partial charge < -0.3 is 23.6 Å². The third-order valence-electron chi connectivity index (χ3n) is 10.6. The number of hydrogen-bond donors (Lipinski definition) is 1. The van der Waals surface area contributed by atoms with Crippen molar-refractivity contribution in [2.75, 3.05) is 26.2 Å². The van der Waals surface area contributed by atoms with Crippen LogP contribution in [0.25, 0.3) is 0 Å². The van der Waals surface area contributed by atoms with Crippen LogP contribution < -0.4 is 0 Å². The second-order valence-electron chi connectivity index (χ2n) is 12.5. The Hall–Kier alpha value is -1.90. The maximum Gasteiger partial charge on any atom is 0.356 e. The van der Waals surface area contributed by atoms with Gasteiger partial charge in [-0.1, -0.05) is 38.5 Å². The molecule has 1 N–H and O–H groups in total. The van der Waals surface area contributed by atoms with Crippen molar-refractivity contribution in [1.82, 2.24) is 0 Å². The number of aliphatic hydroxyl groups excluding tert-OH is 1. The van der Waals surface area contributed by atoms with E-state index >= 15 is 0 Å². The summed E-state index contributed by atoms with van der Waals surface area (Å²) in [5.41, 5.74) is -2.82. The number of esters is 1. The van der Waals surface area contributed by atoms with Crippen LogP contribution in [-0.2, 0) is 37.5 Å². The van der Waals surface area contributed by atoms with Crippen molar-refractivity contribution in [2.45, 2.75) is 78.9 Å². The number of hydrogen-bond acceptors (Lipinski definition) is 9. The molecule has 0 bridgehead atoms. The minimum Gasteiger partial charge on any atom is -0.458 e. The highest BCUT2D eigenvalue weighted by atomic mass is 31.2. The summed E-state index contributed by atoms with van der Waals surface area (Å²) in [6.45, 7) is 14.8. The molecule has 0 saturated heterocycles. The van der Waals surface area contributed by atoms with Crippen molar-refractivity contribution in [3.8, 4) is 0 Å². The number of carbonyl (C=O) groups is 3. The van der Waals surface area contributed by atoms with E-state index in [9.17, 15) is 24.1 Å². The number of aliphatic hydroxyl groups is 1. The Morgan fingerprint density at radius 2 is 1.85 bits per heavy atom. The zero-order valence-electron chi connectivity index (χ0n) is 25.1. The van der Waals surface area contributed by atoms with Gasteiger partial charge in [0.25, 0.3) is 0 Å². The number of Topliss-reactive ketones (excluding diaryl/α,β-unsaturated/α-hetero) is 1. The van der Waals surface area contributed by atoms with Crippen molar-refractivity contribution < 1.29 is 42.6 Å². The first-order chi connectivity index (χ1) is 19.2. The Morgan fingerprint density at radius 1 is 1.20 bits per heavy atom. The number of fused-ring (bicyclic) bond motifs is 5. The zero-order valence-corrected chi connectivity index (χ0v) is 26.0. The summed E-state index contributed by atoms with van der Waals surface area (Å²) >= 11 is 0. The topological polar surface area (TPSA) is 125 Å². The molecular weight excluding hydrogens is 547 g/mol. The summed E-state index contributed by atoms with van der Waals surface area (Å²) < 4.78 is 36.0. The van der Waals surface area contributed by atoms with E-state index in [1.165, 1.54) is 6.92 Å². The molecule has 0 aliphatic heterocycles. The molecule has 0 unspecified atom stereocenters. The van der Waals surface area contributed by atoms with Gasteiger partial charge in [0, 0.05) is 23.2 Å². The molecule has 0 aromatic rings. The Kier molecular flexibility index (Phi) is 8.83. The Bertz CT molecular complexity index is 1200. The molecule has 0 aromatic carbocycles. The SMILES string of the molecule is C=C[C@]12[C@@H](O)C[C@@]3(C)[C@@H](CC[C@]3(OCP(=O)(OCC)OCC)C(=O)COC(C)=O)[C@@H]1C[C@H](C)C1=CC(=O)C=C[C@@]12C. The van der Waals surface area contributed by atoms with Gasteiger partial charge in [-0.05, 0) is 69.4 Å². The van der Waals surface area contributed by atoms with Crippen molar-refractivity contribution in [3.05, 3.63) is 36.5 Å². The van der Waals surface area contributed by atoms with E-state index in [0.717, 1.165) is 5.57 Å². The van der Waals surface area contributed by atoms with Crippen LogP contribution in [0.1, 0.15) is 67.2 Å². The number of carbonyl (C=O) groups excluding carboxylic acids is 3. The summed E-state index contributed by atoms with van der Waals surface area (Å²) in [5, 5.41) is 12.2. The largest absolute Gasteiger partial charge is 0.458 e. The van der Waals surface area contributed by atoms with E-state index in [4.69, 9.17) is 18.5 Å². The lowest BCUT2D eigenvalue weighted by atomic mass is 9.38. The second-order valence-corrected chi connectivity index (χ2v) is 14.4. The average Bonchev–Trinajstić information content (AvgIpc) is 3.20. The van der Waals surface area contributed by atoms with Crippen molar-refractivity contribution in [3.63, 3.8) is 0 Å². The molecule has 3 saturated carbocycles. The molecule has 0 spiro atoms. The molecule has 0 heterocycles. The number of ether oxygens (including phenoxy) is 2. The summed E-state index contributed by atoms with van der Waals surface area (Å²) in [6, 6.07) is 0. The molecule has 41 heavy (non-hydrogen) atoms. The van der Waals surface area contributed by atoms with Crippen molar-refractivity contribution in [2.24, 2.45) is 34.0 Å². The van der Waals surface area contributed by atoms with E-state index in [0.29, 0.717) is 19.3 Å². The first-order valence-electron chi connectivity index (χ1n) is 14.7. The van der Waals surface area contributed by atoms with Crippen LogP contribution in [0.2, 0.25) is 0 Å². The highest BCUT2D eigenvalue weighted by molar-refractivity contribution is 7.53. The highest BCUT2D eigenvalue weighted by Gasteiger charge is 2.74. The number of rotatable bonds is 11. The highest BCUT2D eigenvalue weighted by Crippen LogP contribution is 2.73. The maximum absolute atomic E-state index is 14.0. The van der Waals surface area contributed by atoms with E-state index in [-0.39, 0.29) is 43.2 Å². The lowest BCUT2D eigenvalue weighted by Crippen LogP contribution is -2.67. The summed E-state index contributed by atoms with van der Waals surface area (Å²) in [5.74, 6) is -1.21. The van der Waals surface area contributed by atoms with Crippen LogP contribution in [0, 0.1) is 34.0 Å². The Labute approximate surface area is 243 Å². The first-order valence-corrected chi connectivity index (χ1v) is 16.4. The van der Waals surface area contributed by atoms with E-state index in [2.05, 4.69) is 20.4 Å². The van der Waals surface area contributed by atoms with Gasteiger partial charge in [-0.3, -0.25) is 18.9 Å². The molecule has 228 valence electrons. The molecule has 3 fully saturated rings. The van der Waals surface area contributed by atoms with Gasteiger partial charge in [0.05, 0.1) is 19.3 Å². The second kappa shape index (κ2) is 11.3. The Morgan fingerprint density at radius 3 is 2.44 bits per heavy atom. The fraction of sp³-hybridized carbons (Fsp3) is 0.710. The van der Waals surface area contributed by atoms with Gasteiger partial charge in [-0.15, -0.1) is 6.58 Å². The lowest BCUT2D eigenvalue weighted by molar-refractivity contribution is -0.208. The molecule has 10 heteroatoms. The summed E-state index contributed by atoms with van der Waals surface area (Å²) in [7, 11) is -3.69. The first kappa shape index (κ1) is 32.0. The third kappa shape index (κ3) is 4.76. The number of ketones is 2. The number of allylic oxidation sites excluding steroid dienone is 4. The van der Waals surface area contributed by atoms with E-state index in [1.807, 2.05) is 19.1 Å². The van der Waals surface area contributed by atoms with Crippen molar-refractivity contribution >= 4 is 25.1 Å². The molecule has 4 rings (SSSR count). The van der Waals surface area contributed by atoms with Gasteiger partial charge in [-0.2, -0.15) is 0 Å². The van der Waals surface area contributed by atoms with Gasteiger partial charge >= 0.3 is 13.6 Å². The predicted molar refractivity (Wildman–Crippen MR) is 153 cm³/mol. The normalized spacial score (nSPS) is 39.8. The monoisotopic (exact) mass is 592 g/mol. The Balaban J connectivity index is 1.81. The quantitative estimate of drug-likeness (QED) is 0.196. The minimum atomic E-state index is -3.69. The molecule has 9 nitrogen and oxygen atoms in total. The fourth-order valence-electron chi connectivity index (χ4n) is 8.97. The summed E-state index contributed by atoms with van der Waals surface area (Å²) in [6.07, 6.45) is 7.48. The molecule has 0 aromatic heterocycles. The van der Waals surface area contributed by atoms with Crippen LogP contribution in [0.5, 0.6) is 0 Å². The lowest BCUT2D eigenvalue weighted by Gasteiger charge is -2.67. The van der Waals surface area contributed by atoms with E-state index in [1.54, 1.807) is 26.0 Å². The summed E-state index contributed by atoms with van der Waals surface area (Å²) in [4.78, 5) is 38.1. The smallest absolute Gasteiger partial charge is 0.356 e. The standard InChI is InChI=1S/C31H45O9P/c1-8-30-25(15-20(4)24-16-22(33)11-13-28(24,30)6)23-12-14-31(27(35)18-37-21(5)32,29(23,7)17-26(30)34)38-19-41(36,39-9-2)40-10-3/h8,11,13,16,20,23,25-26,34H,1,9-10,12,14-15,17-19H2,2-7H3/t20-,23-,25-,26-,28-,29-,30+,31-/m0/s1. The van der Waals surface area contributed by atoms with Gasteiger partial charge in [0.15, 0.2) is 12.4 Å². The third-order valence-corrected chi connectivity index (χ3v) is 12.4. The van der Waals surface area contributed by atoms with Gasteiger partial charge in [0.2, 0.25) is 5.78 Å². The fourth-order valence-corrected chi connectivity index (χ4v) is 10.4. The van der Waals surface area contributed by atoms with Crippen LogP contribution in [0.4, 0.5) is 0 Å². The zero-order chi connectivity index (χ0) is 30.4. The predicted octanol–water partition coefficient (Wildman–Crippen LogP) is 5.18. The van der Waals surface area contributed by atoms with Gasteiger partial charge in [0.1, 0.15) is 11.9 Å². The molecule has 4 aliphatic rings. The molecular formula is C31H45O9P. The maximum atomic E-state index is 14.0.